The second-order valence-electron chi connectivity index (χ2n) is 5.73. The Labute approximate surface area is 146 Å². The number of para-hydroxylation sites is 1. The lowest BCUT2D eigenvalue weighted by Gasteiger charge is -2.08. The van der Waals surface area contributed by atoms with E-state index >= 15 is 0 Å². The van der Waals surface area contributed by atoms with Crippen molar-refractivity contribution in [1.82, 2.24) is 4.98 Å². The molecule has 0 saturated heterocycles. The van der Waals surface area contributed by atoms with Crippen molar-refractivity contribution < 1.29 is 17.0 Å². The molecule has 0 saturated carbocycles. The molecule has 120 valence electrons. The maximum Gasteiger partial charge on any atom is 0.239 e. The van der Waals surface area contributed by atoms with E-state index in [0.717, 1.165) is 27.8 Å². The quantitative estimate of drug-likeness (QED) is 0.295. The Morgan fingerprint density at radius 1 is 0.792 bits per heavy atom. The molecule has 1 heterocycles. The standard InChI is InChI=1S/C19H16N4.ClH/c1-12-4-2-3-5-17(12)23-18-10-13(20)6-8-15(18)22-16-9-7-14(21)11-19(16)23;/h2-11H,1H3,(H3,20,21);1H. The molecule has 4 N–H and O–H groups in total. The Bertz CT molecular complexity index is 1000. The number of halogens is 1. The molecule has 0 aliphatic carbocycles. The maximum atomic E-state index is 6.02. The minimum atomic E-state index is 0. The highest BCUT2D eigenvalue weighted by Crippen LogP contribution is 2.22. The largest absolute Gasteiger partial charge is 1.00 e. The average Bonchev–Trinajstić information content (AvgIpc) is 2.54. The summed E-state index contributed by atoms with van der Waals surface area (Å²) in [6.45, 7) is 2.10. The number of fused-ring (bicyclic) bond motifs is 2. The highest BCUT2D eigenvalue weighted by atomic mass is 35.5. The van der Waals surface area contributed by atoms with Gasteiger partial charge in [0.2, 0.25) is 16.7 Å². The lowest BCUT2D eigenvalue weighted by Crippen LogP contribution is -3.00. The fourth-order valence-corrected chi connectivity index (χ4v) is 2.96. The molecule has 0 bridgehead atoms. The van der Waals surface area contributed by atoms with Gasteiger partial charge in [0, 0.05) is 35.1 Å². The number of hydrogen-bond donors (Lipinski definition) is 2. The van der Waals surface area contributed by atoms with Gasteiger partial charge in [-0.05, 0) is 31.2 Å². The van der Waals surface area contributed by atoms with Crippen LogP contribution < -0.4 is 28.4 Å². The van der Waals surface area contributed by atoms with E-state index in [1.807, 2.05) is 48.5 Å². The molecule has 4 nitrogen and oxygen atoms in total. The fraction of sp³-hybridized carbons (Fsp3) is 0.0526. The number of nitrogen functional groups attached to an aromatic ring is 2. The van der Waals surface area contributed by atoms with Gasteiger partial charge in [-0.3, -0.25) is 0 Å². The molecule has 4 aromatic rings. The number of nitrogens with zero attached hydrogens (tertiary/aromatic N) is 2. The SMILES string of the molecule is Cc1ccccc1-[n+]1c2cc(N)ccc2nc2ccc(N)cc21.[Cl-]. The summed E-state index contributed by atoms with van der Waals surface area (Å²) in [5.41, 5.74) is 19.5. The van der Waals surface area contributed by atoms with Crippen LogP contribution in [0.25, 0.3) is 27.8 Å². The zero-order valence-electron chi connectivity index (χ0n) is 13.2. The van der Waals surface area contributed by atoms with E-state index in [-0.39, 0.29) is 12.4 Å². The molecule has 4 rings (SSSR count). The lowest BCUT2D eigenvalue weighted by atomic mass is 10.1. The van der Waals surface area contributed by atoms with Crippen molar-refractivity contribution in [3.8, 4) is 5.69 Å². The molecular formula is C19H17ClN4. The Hall–Kier alpha value is -2.85. The van der Waals surface area contributed by atoms with Crippen molar-refractivity contribution in [2.24, 2.45) is 0 Å². The van der Waals surface area contributed by atoms with Gasteiger partial charge in [0.1, 0.15) is 11.0 Å². The van der Waals surface area contributed by atoms with Crippen LogP contribution in [0, 0.1) is 6.92 Å². The van der Waals surface area contributed by atoms with Gasteiger partial charge in [0.15, 0.2) is 0 Å². The van der Waals surface area contributed by atoms with E-state index in [1.54, 1.807) is 0 Å². The topological polar surface area (TPSA) is 68.8 Å². The summed E-state index contributed by atoms with van der Waals surface area (Å²) in [4.78, 5) is 4.74. The number of aryl methyl sites for hydroxylation is 1. The summed E-state index contributed by atoms with van der Waals surface area (Å²) in [7, 11) is 0. The Kier molecular flexibility index (Phi) is 3.99. The van der Waals surface area contributed by atoms with Crippen LogP contribution in [0.3, 0.4) is 0 Å². The first-order valence-electron chi connectivity index (χ1n) is 7.50. The van der Waals surface area contributed by atoms with Gasteiger partial charge in [-0.25, -0.2) is 4.98 Å². The normalized spacial score (nSPS) is 10.7. The van der Waals surface area contributed by atoms with Crippen molar-refractivity contribution in [2.75, 3.05) is 11.5 Å². The summed E-state index contributed by atoms with van der Waals surface area (Å²) >= 11 is 0. The molecule has 3 aromatic carbocycles. The number of anilines is 2. The summed E-state index contributed by atoms with van der Waals surface area (Å²) in [6, 6.07) is 19.8. The zero-order chi connectivity index (χ0) is 16.0. The van der Waals surface area contributed by atoms with Crippen LogP contribution in [0.4, 0.5) is 11.4 Å². The first-order valence-corrected chi connectivity index (χ1v) is 7.50. The van der Waals surface area contributed by atoms with E-state index in [1.165, 1.54) is 5.56 Å². The molecule has 5 heteroatoms. The Morgan fingerprint density at radius 3 is 1.88 bits per heavy atom. The monoisotopic (exact) mass is 336 g/mol. The second-order valence-corrected chi connectivity index (χ2v) is 5.73. The number of nitrogens with two attached hydrogens (primary N) is 2. The van der Waals surface area contributed by atoms with Crippen LogP contribution in [-0.4, -0.2) is 4.98 Å². The van der Waals surface area contributed by atoms with Crippen molar-refractivity contribution in [1.29, 1.82) is 0 Å². The Balaban J connectivity index is 0.00000169. The van der Waals surface area contributed by atoms with Gasteiger partial charge in [0.25, 0.3) is 0 Å². The third-order valence-corrected chi connectivity index (χ3v) is 4.08. The smallest absolute Gasteiger partial charge is 0.239 e. The van der Waals surface area contributed by atoms with Crippen LogP contribution in [0.15, 0.2) is 60.7 Å². The number of aromatic nitrogens is 2. The van der Waals surface area contributed by atoms with Gasteiger partial charge < -0.3 is 23.9 Å². The van der Waals surface area contributed by atoms with Crippen molar-refractivity contribution in [3.05, 3.63) is 66.2 Å². The molecule has 0 radical (unpaired) electrons. The fourth-order valence-electron chi connectivity index (χ4n) is 2.96. The molecule has 0 fully saturated rings. The van der Waals surface area contributed by atoms with Gasteiger partial charge in [-0.15, -0.1) is 4.57 Å². The third-order valence-electron chi connectivity index (χ3n) is 4.08. The summed E-state index contributed by atoms with van der Waals surface area (Å²) in [5, 5.41) is 0. The predicted molar refractivity (Wildman–Crippen MR) is 94.3 cm³/mol. The maximum absolute atomic E-state index is 6.02. The molecule has 0 unspecified atom stereocenters. The lowest BCUT2D eigenvalue weighted by molar-refractivity contribution is -0.538. The van der Waals surface area contributed by atoms with Crippen LogP contribution in [0.2, 0.25) is 0 Å². The minimum Gasteiger partial charge on any atom is -1.00 e. The molecule has 0 spiro atoms. The van der Waals surface area contributed by atoms with Crippen molar-refractivity contribution in [3.63, 3.8) is 0 Å². The van der Waals surface area contributed by atoms with Crippen LogP contribution in [0.5, 0.6) is 0 Å². The highest BCUT2D eigenvalue weighted by molar-refractivity contribution is 5.85. The van der Waals surface area contributed by atoms with Crippen molar-refractivity contribution in [2.45, 2.75) is 6.92 Å². The van der Waals surface area contributed by atoms with E-state index in [9.17, 15) is 0 Å². The molecule has 0 atom stereocenters. The zero-order valence-corrected chi connectivity index (χ0v) is 14.0. The highest BCUT2D eigenvalue weighted by Gasteiger charge is 2.21. The van der Waals surface area contributed by atoms with E-state index in [4.69, 9.17) is 16.5 Å². The van der Waals surface area contributed by atoms with Crippen LogP contribution in [0.1, 0.15) is 5.56 Å². The van der Waals surface area contributed by atoms with Crippen molar-refractivity contribution >= 4 is 33.4 Å². The van der Waals surface area contributed by atoms with Crippen LogP contribution in [-0.2, 0) is 0 Å². The van der Waals surface area contributed by atoms with E-state index in [0.29, 0.717) is 11.4 Å². The average molecular weight is 337 g/mol. The summed E-state index contributed by atoms with van der Waals surface area (Å²) < 4.78 is 2.18. The van der Waals surface area contributed by atoms with Crippen LogP contribution >= 0.6 is 0 Å². The third kappa shape index (κ3) is 2.51. The van der Waals surface area contributed by atoms with E-state index < -0.39 is 0 Å². The minimum absolute atomic E-state index is 0. The summed E-state index contributed by atoms with van der Waals surface area (Å²) in [5.74, 6) is 0. The molecule has 0 amide bonds. The second kappa shape index (κ2) is 5.98. The molecular weight excluding hydrogens is 320 g/mol. The molecule has 0 aliphatic rings. The Morgan fingerprint density at radius 2 is 1.33 bits per heavy atom. The number of rotatable bonds is 1. The molecule has 1 aromatic heterocycles. The summed E-state index contributed by atoms with van der Waals surface area (Å²) in [6.07, 6.45) is 0. The number of hydrogen-bond acceptors (Lipinski definition) is 3. The number of benzene rings is 3. The first-order chi connectivity index (χ1) is 11.1. The van der Waals surface area contributed by atoms with E-state index in [2.05, 4.69) is 23.6 Å². The van der Waals surface area contributed by atoms with Gasteiger partial charge in [-0.2, -0.15) is 0 Å². The van der Waals surface area contributed by atoms with Gasteiger partial charge >= 0.3 is 0 Å². The molecule has 0 aliphatic heterocycles. The predicted octanol–water partition coefficient (Wildman–Crippen LogP) is 0.142. The first kappa shape index (κ1) is 16.0. The molecule has 24 heavy (non-hydrogen) atoms. The van der Waals surface area contributed by atoms with Gasteiger partial charge in [-0.1, -0.05) is 18.2 Å². The van der Waals surface area contributed by atoms with Gasteiger partial charge in [0.05, 0.1) is 0 Å².